The molecule has 0 heterocycles. The van der Waals surface area contributed by atoms with E-state index in [2.05, 4.69) is 5.32 Å². The molecule has 0 aromatic heterocycles. The van der Waals surface area contributed by atoms with Crippen LogP contribution in [0.4, 0.5) is 10.1 Å². The highest BCUT2D eigenvalue weighted by molar-refractivity contribution is 5.92. The molecule has 2 rings (SSSR count). The Bertz CT molecular complexity index is 784. The Kier molecular flexibility index (Phi) is 7.53. The third kappa shape index (κ3) is 5.91. The topological polar surface area (TPSA) is 55.4 Å². The molecule has 1 unspecified atom stereocenters. The smallest absolute Gasteiger partial charge is 0.309 e. The van der Waals surface area contributed by atoms with Gasteiger partial charge in [-0.05, 0) is 56.4 Å². The van der Waals surface area contributed by atoms with E-state index in [-0.39, 0.29) is 31.2 Å². The molecule has 0 aliphatic rings. The van der Waals surface area contributed by atoms with Crippen LogP contribution in [0.15, 0.2) is 42.5 Å². The number of rotatable bonds is 8. The SMILES string of the molecule is CCOC(=O)C(CCC(=O)Nc1c(C)cccc1C)Cc1ccccc1F. The summed E-state index contributed by atoms with van der Waals surface area (Å²) >= 11 is 0. The van der Waals surface area contributed by atoms with Gasteiger partial charge in [0.15, 0.2) is 0 Å². The number of carbonyl (C=O) groups excluding carboxylic acids is 2. The fourth-order valence-corrected chi connectivity index (χ4v) is 3.01. The minimum absolute atomic E-state index is 0.158. The van der Waals surface area contributed by atoms with Crippen molar-refractivity contribution in [2.24, 2.45) is 5.92 Å². The summed E-state index contributed by atoms with van der Waals surface area (Å²) in [6.07, 6.45) is 0.665. The van der Waals surface area contributed by atoms with Gasteiger partial charge in [-0.25, -0.2) is 4.39 Å². The Morgan fingerprint density at radius 3 is 2.37 bits per heavy atom. The number of carbonyl (C=O) groups is 2. The van der Waals surface area contributed by atoms with Gasteiger partial charge in [0.1, 0.15) is 5.82 Å². The highest BCUT2D eigenvalue weighted by atomic mass is 19.1. The molecule has 1 atom stereocenters. The zero-order chi connectivity index (χ0) is 19.8. The quantitative estimate of drug-likeness (QED) is 0.691. The molecule has 1 N–H and O–H groups in total. The molecular weight excluding hydrogens is 345 g/mol. The lowest BCUT2D eigenvalue weighted by atomic mass is 9.94. The van der Waals surface area contributed by atoms with Crippen LogP contribution in [0, 0.1) is 25.6 Å². The van der Waals surface area contributed by atoms with E-state index in [9.17, 15) is 14.0 Å². The molecule has 0 saturated heterocycles. The van der Waals surface area contributed by atoms with Crippen LogP contribution in [0.3, 0.4) is 0 Å². The van der Waals surface area contributed by atoms with Crippen molar-refractivity contribution >= 4 is 17.6 Å². The van der Waals surface area contributed by atoms with Gasteiger partial charge in [0, 0.05) is 12.1 Å². The highest BCUT2D eigenvalue weighted by Crippen LogP contribution is 2.22. The van der Waals surface area contributed by atoms with Gasteiger partial charge in [-0.1, -0.05) is 36.4 Å². The lowest BCUT2D eigenvalue weighted by molar-refractivity contribution is -0.148. The number of amides is 1. The van der Waals surface area contributed by atoms with Gasteiger partial charge in [-0.3, -0.25) is 9.59 Å². The van der Waals surface area contributed by atoms with Crippen molar-refractivity contribution < 1.29 is 18.7 Å². The Morgan fingerprint density at radius 2 is 1.74 bits per heavy atom. The largest absolute Gasteiger partial charge is 0.466 e. The van der Waals surface area contributed by atoms with Crippen molar-refractivity contribution in [3.8, 4) is 0 Å². The number of benzene rings is 2. The predicted octanol–water partition coefficient (Wildman–Crippen LogP) is 4.58. The lowest BCUT2D eigenvalue weighted by Gasteiger charge is -2.17. The van der Waals surface area contributed by atoms with Crippen molar-refractivity contribution in [2.45, 2.75) is 40.0 Å². The summed E-state index contributed by atoms with van der Waals surface area (Å²) in [6.45, 7) is 5.84. The molecule has 27 heavy (non-hydrogen) atoms. The van der Waals surface area contributed by atoms with E-state index in [0.717, 1.165) is 16.8 Å². The van der Waals surface area contributed by atoms with Gasteiger partial charge in [0.25, 0.3) is 0 Å². The summed E-state index contributed by atoms with van der Waals surface area (Å²) in [7, 11) is 0. The molecule has 2 aromatic carbocycles. The number of hydrogen-bond donors (Lipinski definition) is 1. The fourth-order valence-electron chi connectivity index (χ4n) is 3.01. The number of nitrogens with one attached hydrogen (secondary N) is 1. The molecule has 0 radical (unpaired) electrons. The van der Waals surface area contributed by atoms with Gasteiger partial charge >= 0.3 is 5.97 Å². The van der Waals surface area contributed by atoms with E-state index in [1.165, 1.54) is 6.07 Å². The number of ether oxygens (including phenoxy) is 1. The van der Waals surface area contributed by atoms with Gasteiger partial charge in [-0.15, -0.1) is 0 Å². The molecule has 5 heteroatoms. The molecule has 0 aliphatic heterocycles. The molecule has 2 aromatic rings. The van der Waals surface area contributed by atoms with Crippen LogP contribution in [0.25, 0.3) is 0 Å². The maximum Gasteiger partial charge on any atom is 0.309 e. The van der Waals surface area contributed by atoms with Crippen LogP contribution < -0.4 is 5.32 Å². The fraction of sp³-hybridized carbons (Fsp3) is 0.364. The van der Waals surface area contributed by atoms with Crippen molar-refractivity contribution in [3.63, 3.8) is 0 Å². The van der Waals surface area contributed by atoms with Crippen LogP contribution in [0.5, 0.6) is 0 Å². The maximum atomic E-state index is 13.9. The number of halogens is 1. The predicted molar refractivity (Wildman–Crippen MR) is 104 cm³/mol. The molecule has 4 nitrogen and oxygen atoms in total. The number of aryl methyl sites for hydroxylation is 2. The third-order valence-corrected chi connectivity index (χ3v) is 4.51. The van der Waals surface area contributed by atoms with E-state index < -0.39 is 11.9 Å². The Morgan fingerprint density at radius 1 is 1.07 bits per heavy atom. The third-order valence-electron chi connectivity index (χ3n) is 4.51. The minimum Gasteiger partial charge on any atom is -0.466 e. The van der Waals surface area contributed by atoms with Crippen molar-refractivity contribution in [1.82, 2.24) is 0 Å². The molecule has 144 valence electrons. The molecule has 0 aliphatic carbocycles. The molecule has 0 spiro atoms. The van der Waals surface area contributed by atoms with Crippen molar-refractivity contribution in [2.75, 3.05) is 11.9 Å². The van der Waals surface area contributed by atoms with E-state index in [1.54, 1.807) is 25.1 Å². The summed E-state index contributed by atoms with van der Waals surface area (Å²) in [6, 6.07) is 12.2. The van der Waals surface area contributed by atoms with E-state index in [1.807, 2.05) is 32.0 Å². The standard InChI is InChI=1S/C22H26FNO3/c1-4-27-22(26)18(14-17-10-5-6-11-19(17)23)12-13-20(25)24-21-15(2)8-7-9-16(21)3/h5-11,18H,4,12-14H2,1-3H3,(H,24,25). The minimum atomic E-state index is -0.564. The van der Waals surface area contributed by atoms with Gasteiger partial charge in [0.2, 0.25) is 5.91 Å². The molecule has 0 saturated carbocycles. The first-order valence-corrected chi connectivity index (χ1v) is 9.18. The molecule has 0 fully saturated rings. The number of esters is 1. The number of para-hydroxylation sites is 1. The summed E-state index contributed by atoms with van der Waals surface area (Å²) in [5.74, 6) is -1.49. The van der Waals surface area contributed by atoms with E-state index in [0.29, 0.717) is 12.0 Å². The van der Waals surface area contributed by atoms with Gasteiger partial charge in [-0.2, -0.15) is 0 Å². The Labute approximate surface area is 159 Å². The zero-order valence-corrected chi connectivity index (χ0v) is 16.0. The van der Waals surface area contributed by atoms with Crippen molar-refractivity contribution in [3.05, 3.63) is 65.0 Å². The van der Waals surface area contributed by atoms with Gasteiger partial charge in [0.05, 0.1) is 12.5 Å². The van der Waals surface area contributed by atoms with E-state index >= 15 is 0 Å². The monoisotopic (exact) mass is 371 g/mol. The average molecular weight is 371 g/mol. The first-order valence-electron chi connectivity index (χ1n) is 9.18. The summed E-state index contributed by atoms with van der Waals surface area (Å²) < 4.78 is 19.1. The molecule has 1 amide bonds. The Hall–Kier alpha value is -2.69. The van der Waals surface area contributed by atoms with Crippen LogP contribution in [-0.2, 0) is 20.7 Å². The first kappa shape index (κ1) is 20.6. The lowest BCUT2D eigenvalue weighted by Crippen LogP contribution is -2.23. The molecular formula is C22H26FNO3. The second-order valence-corrected chi connectivity index (χ2v) is 6.60. The Balaban J connectivity index is 2.03. The van der Waals surface area contributed by atoms with E-state index in [4.69, 9.17) is 4.74 Å². The summed E-state index contributed by atoms with van der Waals surface area (Å²) in [5.41, 5.74) is 3.21. The van der Waals surface area contributed by atoms with Crippen LogP contribution >= 0.6 is 0 Å². The maximum absolute atomic E-state index is 13.9. The summed E-state index contributed by atoms with van der Waals surface area (Å²) in [4.78, 5) is 24.6. The van der Waals surface area contributed by atoms with Gasteiger partial charge < -0.3 is 10.1 Å². The normalized spacial score (nSPS) is 11.7. The average Bonchev–Trinajstić information content (AvgIpc) is 2.63. The number of hydrogen-bond acceptors (Lipinski definition) is 3. The van der Waals surface area contributed by atoms with Crippen LogP contribution in [0.2, 0.25) is 0 Å². The van der Waals surface area contributed by atoms with Crippen molar-refractivity contribution in [1.29, 1.82) is 0 Å². The van der Waals surface area contributed by atoms with Crippen LogP contribution in [-0.4, -0.2) is 18.5 Å². The summed E-state index contributed by atoms with van der Waals surface area (Å²) in [5, 5.41) is 2.91. The second kappa shape index (κ2) is 9.86. The second-order valence-electron chi connectivity index (χ2n) is 6.60. The first-order chi connectivity index (χ1) is 12.9. The molecule has 0 bridgehead atoms. The number of anilines is 1. The van der Waals surface area contributed by atoms with Crippen LogP contribution in [0.1, 0.15) is 36.5 Å². The zero-order valence-electron chi connectivity index (χ0n) is 16.0. The highest BCUT2D eigenvalue weighted by Gasteiger charge is 2.23.